The zero-order valence-electron chi connectivity index (χ0n) is 24.7. The molecular formula is C38H34O6. The summed E-state index contributed by atoms with van der Waals surface area (Å²) in [6, 6.07) is 37.7. The van der Waals surface area contributed by atoms with Crippen molar-refractivity contribution in [1.29, 1.82) is 0 Å². The van der Waals surface area contributed by atoms with Crippen molar-refractivity contribution in [2.24, 2.45) is 0 Å². The molecule has 2 N–H and O–H groups in total. The maximum atomic E-state index is 13.2. The lowest BCUT2D eigenvalue weighted by Gasteiger charge is -2.15. The average molecular weight is 587 g/mol. The number of rotatable bonds is 9. The summed E-state index contributed by atoms with van der Waals surface area (Å²) in [4.78, 5) is 13.2. The number of benzene rings is 5. The van der Waals surface area contributed by atoms with Crippen LogP contribution in [0.3, 0.4) is 0 Å². The third-order valence-electron chi connectivity index (χ3n) is 6.94. The summed E-state index contributed by atoms with van der Waals surface area (Å²) >= 11 is 0. The fraction of sp³-hybridized carbons (Fsp3) is 0.132. The number of phenols is 1. The van der Waals surface area contributed by atoms with E-state index in [0.29, 0.717) is 30.1 Å². The molecule has 1 heterocycles. The van der Waals surface area contributed by atoms with Crippen LogP contribution in [0, 0.1) is 0 Å². The van der Waals surface area contributed by atoms with Crippen molar-refractivity contribution in [3.8, 4) is 34.3 Å². The van der Waals surface area contributed by atoms with E-state index in [0.717, 1.165) is 22.3 Å². The maximum absolute atomic E-state index is 13.2. The van der Waals surface area contributed by atoms with E-state index in [1.807, 2.05) is 105 Å². The van der Waals surface area contributed by atoms with Crippen molar-refractivity contribution in [2.75, 3.05) is 0 Å². The Balaban J connectivity index is 0.00000188. The highest BCUT2D eigenvalue weighted by Gasteiger charge is 2.20. The van der Waals surface area contributed by atoms with E-state index in [2.05, 4.69) is 0 Å². The van der Waals surface area contributed by atoms with Gasteiger partial charge in [-0.15, -0.1) is 0 Å². The van der Waals surface area contributed by atoms with Gasteiger partial charge in [0.25, 0.3) is 0 Å². The standard InChI is InChI=1S/C36H28O6.C2H6/c37-29-19-27(18-24-10-4-1-5-11-24)20-32-33(29)34(38)35(39)36(42-32)28-16-17-30(40-22-25-12-6-2-7-13-25)31(21-28)41-23-26-14-8-3-9-15-26;1-2/h1-17,19-21,37,39H,18,22-23H2;1-2H3. The molecule has 6 aromatic rings. The van der Waals surface area contributed by atoms with Crippen molar-refractivity contribution in [2.45, 2.75) is 33.5 Å². The van der Waals surface area contributed by atoms with Crippen molar-refractivity contribution >= 4 is 11.0 Å². The maximum Gasteiger partial charge on any atom is 0.238 e. The molecule has 0 bridgehead atoms. The van der Waals surface area contributed by atoms with Crippen LogP contribution in [0.4, 0.5) is 0 Å². The lowest BCUT2D eigenvalue weighted by Crippen LogP contribution is -2.04. The Bertz CT molecular complexity index is 1880. The minimum Gasteiger partial charge on any atom is -0.507 e. The molecule has 1 aromatic heterocycles. The minimum absolute atomic E-state index is 0.0251. The Morgan fingerprint density at radius 2 is 1.16 bits per heavy atom. The Kier molecular flexibility index (Phi) is 9.62. The smallest absolute Gasteiger partial charge is 0.238 e. The van der Waals surface area contributed by atoms with Crippen LogP contribution < -0.4 is 14.9 Å². The highest BCUT2D eigenvalue weighted by atomic mass is 16.5. The molecule has 0 radical (unpaired) electrons. The number of aromatic hydroxyl groups is 2. The summed E-state index contributed by atoms with van der Waals surface area (Å²) in [5.41, 5.74) is 3.67. The van der Waals surface area contributed by atoms with E-state index in [9.17, 15) is 15.0 Å². The fourth-order valence-electron chi connectivity index (χ4n) is 4.83. The predicted molar refractivity (Wildman–Crippen MR) is 173 cm³/mol. The van der Waals surface area contributed by atoms with Crippen LogP contribution in [-0.2, 0) is 19.6 Å². The second-order valence-electron chi connectivity index (χ2n) is 9.97. The quantitative estimate of drug-likeness (QED) is 0.176. The number of hydrogen-bond acceptors (Lipinski definition) is 6. The van der Waals surface area contributed by atoms with Crippen LogP contribution in [0.2, 0.25) is 0 Å². The van der Waals surface area contributed by atoms with E-state index in [-0.39, 0.29) is 29.1 Å². The Morgan fingerprint density at radius 1 is 0.614 bits per heavy atom. The highest BCUT2D eigenvalue weighted by Crippen LogP contribution is 2.38. The summed E-state index contributed by atoms with van der Waals surface area (Å²) < 4.78 is 18.4. The SMILES string of the molecule is CC.O=c1c(O)c(-c2ccc(OCc3ccccc3)c(OCc3ccccc3)c2)oc2cc(Cc3ccccc3)cc(O)c12. The first kappa shape index (κ1) is 30.0. The molecule has 6 heteroatoms. The lowest BCUT2D eigenvalue weighted by molar-refractivity contribution is 0.256. The molecule has 0 aliphatic rings. The molecule has 0 atom stereocenters. The molecule has 222 valence electrons. The van der Waals surface area contributed by atoms with Crippen LogP contribution in [0.1, 0.15) is 36.1 Å². The first-order valence-corrected chi connectivity index (χ1v) is 14.6. The van der Waals surface area contributed by atoms with Gasteiger partial charge in [0.15, 0.2) is 17.3 Å². The van der Waals surface area contributed by atoms with E-state index < -0.39 is 11.2 Å². The van der Waals surface area contributed by atoms with E-state index in [4.69, 9.17) is 13.9 Å². The van der Waals surface area contributed by atoms with E-state index >= 15 is 0 Å². The largest absolute Gasteiger partial charge is 0.507 e. The van der Waals surface area contributed by atoms with Crippen LogP contribution in [-0.4, -0.2) is 10.2 Å². The third kappa shape index (κ3) is 6.93. The Labute approximate surface area is 256 Å². The van der Waals surface area contributed by atoms with Gasteiger partial charge in [-0.2, -0.15) is 0 Å². The molecule has 5 aromatic carbocycles. The Morgan fingerprint density at radius 3 is 1.75 bits per heavy atom. The summed E-state index contributed by atoms with van der Waals surface area (Å²) in [5, 5.41) is 21.5. The summed E-state index contributed by atoms with van der Waals surface area (Å²) in [5.74, 6) is 0.0631. The molecule has 0 fully saturated rings. The number of phenolic OH excluding ortho intramolecular Hbond substituents is 1. The normalized spacial score (nSPS) is 10.6. The predicted octanol–water partition coefficient (Wildman–Crippen LogP) is 8.65. The van der Waals surface area contributed by atoms with E-state index in [1.165, 1.54) is 6.07 Å². The van der Waals surface area contributed by atoms with Gasteiger partial charge in [-0.3, -0.25) is 4.79 Å². The summed E-state index contributed by atoms with van der Waals surface area (Å²) in [6.07, 6.45) is 0.537. The molecule has 0 amide bonds. The van der Waals surface area contributed by atoms with Gasteiger partial charge in [0.05, 0.1) is 0 Å². The molecule has 0 saturated carbocycles. The third-order valence-corrected chi connectivity index (χ3v) is 6.94. The summed E-state index contributed by atoms with van der Waals surface area (Å²) in [7, 11) is 0. The molecule has 0 unspecified atom stereocenters. The molecule has 6 nitrogen and oxygen atoms in total. The monoisotopic (exact) mass is 586 g/mol. The minimum atomic E-state index is -0.717. The first-order valence-electron chi connectivity index (χ1n) is 14.6. The first-order chi connectivity index (χ1) is 21.5. The molecule has 0 aliphatic heterocycles. The van der Waals surface area contributed by atoms with Crippen molar-refractivity contribution < 1.29 is 24.1 Å². The number of fused-ring (bicyclic) bond motifs is 1. The highest BCUT2D eigenvalue weighted by molar-refractivity contribution is 5.87. The van der Waals surface area contributed by atoms with Crippen LogP contribution in [0.15, 0.2) is 131 Å². The topological polar surface area (TPSA) is 89.1 Å². The molecule has 44 heavy (non-hydrogen) atoms. The van der Waals surface area contributed by atoms with Gasteiger partial charge in [-0.05, 0) is 59.0 Å². The molecule has 6 rings (SSSR count). The van der Waals surface area contributed by atoms with Crippen molar-refractivity contribution in [3.05, 3.63) is 154 Å². The van der Waals surface area contributed by atoms with E-state index in [1.54, 1.807) is 24.3 Å². The average Bonchev–Trinajstić information content (AvgIpc) is 3.07. The van der Waals surface area contributed by atoms with Gasteiger partial charge in [0.1, 0.15) is 29.9 Å². The summed E-state index contributed by atoms with van der Waals surface area (Å²) in [6.45, 7) is 4.62. The Hall–Kier alpha value is -5.49. The van der Waals surface area contributed by atoms with Gasteiger partial charge in [-0.1, -0.05) is 105 Å². The van der Waals surface area contributed by atoms with Crippen molar-refractivity contribution in [3.63, 3.8) is 0 Å². The zero-order chi connectivity index (χ0) is 30.9. The molecule has 0 spiro atoms. The number of ether oxygens (including phenoxy) is 2. The van der Waals surface area contributed by atoms with Crippen LogP contribution in [0.5, 0.6) is 23.0 Å². The van der Waals surface area contributed by atoms with Crippen LogP contribution >= 0.6 is 0 Å². The van der Waals surface area contributed by atoms with Gasteiger partial charge >= 0.3 is 0 Å². The molecular weight excluding hydrogens is 552 g/mol. The second kappa shape index (κ2) is 14.1. The van der Waals surface area contributed by atoms with Crippen molar-refractivity contribution in [1.82, 2.24) is 0 Å². The fourth-order valence-corrected chi connectivity index (χ4v) is 4.83. The molecule has 0 saturated heterocycles. The van der Waals surface area contributed by atoms with Crippen LogP contribution in [0.25, 0.3) is 22.3 Å². The lowest BCUT2D eigenvalue weighted by atomic mass is 10.0. The zero-order valence-corrected chi connectivity index (χ0v) is 24.7. The molecule has 0 aliphatic carbocycles. The number of hydrogen-bond donors (Lipinski definition) is 2. The van der Waals surface area contributed by atoms with Gasteiger partial charge < -0.3 is 24.1 Å². The van der Waals surface area contributed by atoms with Gasteiger partial charge in [-0.25, -0.2) is 0 Å². The second-order valence-corrected chi connectivity index (χ2v) is 9.97. The van der Waals surface area contributed by atoms with Gasteiger partial charge in [0.2, 0.25) is 11.2 Å². The van der Waals surface area contributed by atoms with Gasteiger partial charge in [0, 0.05) is 5.56 Å².